The van der Waals surface area contributed by atoms with Crippen molar-refractivity contribution < 1.29 is 9.85 Å². The number of nitriles is 1. The minimum absolute atomic E-state index is 0.241. The summed E-state index contributed by atoms with van der Waals surface area (Å²) in [5, 5.41) is 31.0. The van der Waals surface area contributed by atoms with Crippen LogP contribution in [0.2, 0.25) is 0 Å². The Morgan fingerprint density at radius 1 is 1.20 bits per heavy atom. The second-order valence-corrected chi connectivity index (χ2v) is 3.13. The van der Waals surface area contributed by atoms with E-state index >= 15 is 0 Å². The van der Waals surface area contributed by atoms with E-state index in [4.69, 9.17) is 5.26 Å². The monoisotopic (exact) mass is 225 g/mol. The maximum Gasteiger partial charge on any atom is 0.290 e. The van der Waals surface area contributed by atoms with Gasteiger partial charge >= 0.3 is 0 Å². The average molecular weight is 225 g/mol. The van der Waals surface area contributed by atoms with Gasteiger partial charge in [0.25, 0.3) is 11.4 Å². The Bertz CT molecular complexity index is 436. The van der Waals surface area contributed by atoms with Crippen molar-refractivity contribution >= 4 is 23.1 Å². The molecular weight excluding hydrogens is 222 g/mol. The van der Waals surface area contributed by atoms with E-state index in [9.17, 15) is 20.2 Å². The number of nitrogens with zero attached hydrogens (tertiary/aromatic N) is 3. The molecular formula is C7H3N3O4S. The maximum absolute atomic E-state index is 10.5. The van der Waals surface area contributed by atoms with Crippen LogP contribution in [-0.2, 0) is 0 Å². The smallest absolute Gasteiger partial charge is 0.258 e. The molecule has 0 heterocycles. The van der Waals surface area contributed by atoms with Crippen molar-refractivity contribution in [2.45, 2.75) is 4.90 Å². The van der Waals surface area contributed by atoms with Gasteiger partial charge in [-0.25, -0.2) is 0 Å². The van der Waals surface area contributed by atoms with E-state index < -0.39 is 21.2 Å². The second kappa shape index (κ2) is 4.39. The zero-order valence-electron chi connectivity index (χ0n) is 7.11. The van der Waals surface area contributed by atoms with E-state index in [-0.39, 0.29) is 4.90 Å². The molecule has 0 saturated carbocycles. The molecule has 7 nitrogen and oxygen atoms in total. The summed E-state index contributed by atoms with van der Waals surface area (Å²) in [5.41, 5.74) is -0.869. The molecule has 0 bridgehead atoms. The van der Waals surface area contributed by atoms with Crippen molar-refractivity contribution in [2.24, 2.45) is 0 Å². The number of thiocyanates is 1. The summed E-state index contributed by atoms with van der Waals surface area (Å²) in [6, 6.07) is 3.44. The first-order chi connectivity index (χ1) is 7.07. The Hall–Kier alpha value is -2.14. The third kappa shape index (κ3) is 2.21. The minimum atomic E-state index is -0.757. The van der Waals surface area contributed by atoms with Crippen LogP contribution >= 0.6 is 11.8 Å². The van der Waals surface area contributed by atoms with E-state index in [2.05, 4.69) is 0 Å². The molecule has 1 aromatic rings. The van der Waals surface area contributed by atoms with Crippen molar-refractivity contribution in [3.8, 4) is 5.40 Å². The first-order valence-electron chi connectivity index (χ1n) is 3.55. The topological polar surface area (TPSA) is 110 Å². The average Bonchev–Trinajstić information content (AvgIpc) is 2.17. The van der Waals surface area contributed by atoms with E-state index in [0.29, 0.717) is 11.8 Å². The number of hydrogen-bond donors (Lipinski definition) is 0. The zero-order valence-corrected chi connectivity index (χ0v) is 7.93. The fraction of sp³-hybridized carbons (Fsp3) is 0. The summed E-state index contributed by atoms with van der Waals surface area (Å²) in [5.74, 6) is 0. The maximum atomic E-state index is 10.5. The molecule has 76 valence electrons. The summed E-state index contributed by atoms with van der Waals surface area (Å²) in [6.07, 6.45) is 0. The van der Waals surface area contributed by atoms with Gasteiger partial charge in [0.2, 0.25) is 0 Å². The first-order valence-corrected chi connectivity index (χ1v) is 4.37. The Labute approximate surface area is 87.6 Å². The molecule has 0 aliphatic rings. The van der Waals surface area contributed by atoms with Crippen molar-refractivity contribution in [3.05, 3.63) is 38.4 Å². The van der Waals surface area contributed by atoms with Crippen LogP contribution in [0.5, 0.6) is 0 Å². The van der Waals surface area contributed by atoms with Crippen molar-refractivity contribution in [2.75, 3.05) is 0 Å². The highest BCUT2D eigenvalue weighted by atomic mass is 32.2. The lowest BCUT2D eigenvalue weighted by molar-refractivity contribution is -0.399. The van der Waals surface area contributed by atoms with Gasteiger partial charge in [0.15, 0.2) is 4.90 Å². The van der Waals surface area contributed by atoms with E-state index in [0.717, 1.165) is 12.1 Å². The highest BCUT2D eigenvalue weighted by molar-refractivity contribution is 8.04. The molecule has 0 N–H and O–H groups in total. The fourth-order valence-electron chi connectivity index (χ4n) is 0.951. The molecule has 15 heavy (non-hydrogen) atoms. The molecule has 0 radical (unpaired) electrons. The molecule has 1 aromatic carbocycles. The van der Waals surface area contributed by atoms with Crippen molar-refractivity contribution in [1.29, 1.82) is 5.26 Å². The lowest BCUT2D eigenvalue weighted by Crippen LogP contribution is -1.95. The van der Waals surface area contributed by atoms with Gasteiger partial charge < -0.3 is 0 Å². The SMILES string of the molecule is N#CSc1c([N+](=O)[O-])cccc1[N+](=O)[O-]. The van der Waals surface area contributed by atoms with Gasteiger partial charge in [-0.1, -0.05) is 0 Å². The highest BCUT2D eigenvalue weighted by Gasteiger charge is 2.24. The summed E-state index contributed by atoms with van der Waals surface area (Å²) in [6.45, 7) is 0. The fourth-order valence-corrected chi connectivity index (χ4v) is 1.54. The van der Waals surface area contributed by atoms with Gasteiger partial charge in [0.1, 0.15) is 5.40 Å². The van der Waals surface area contributed by atoms with Crippen LogP contribution in [0.25, 0.3) is 0 Å². The van der Waals surface area contributed by atoms with E-state index in [1.165, 1.54) is 6.07 Å². The van der Waals surface area contributed by atoms with Gasteiger partial charge in [-0.2, -0.15) is 5.26 Å². The van der Waals surface area contributed by atoms with Crippen LogP contribution in [-0.4, -0.2) is 9.85 Å². The molecule has 0 saturated heterocycles. The molecule has 0 fully saturated rings. The van der Waals surface area contributed by atoms with Crippen LogP contribution in [0.4, 0.5) is 11.4 Å². The number of benzene rings is 1. The van der Waals surface area contributed by atoms with Gasteiger partial charge in [0.05, 0.1) is 9.85 Å². The second-order valence-electron chi connectivity index (χ2n) is 2.33. The first kappa shape index (κ1) is 10.9. The summed E-state index contributed by atoms with van der Waals surface area (Å²) < 4.78 is 0. The van der Waals surface area contributed by atoms with Gasteiger partial charge in [-0.3, -0.25) is 20.2 Å². The van der Waals surface area contributed by atoms with Gasteiger partial charge in [-0.05, 0) is 6.07 Å². The summed E-state index contributed by atoms with van der Waals surface area (Å²) in [4.78, 5) is 19.3. The van der Waals surface area contributed by atoms with Crippen LogP contribution in [0.15, 0.2) is 23.1 Å². The Morgan fingerprint density at radius 2 is 1.67 bits per heavy atom. The van der Waals surface area contributed by atoms with Crippen LogP contribution in [0, 0.1) is 30.9 Å². The molecule has 0 atom stereocenters. The standard InChI is InChI=1S/C7H3N3O4S/c8-4-15-7-5(9(11)12)2-1-3-6(7)10(13)14/h1-3H. The number of thioether (sulfide) groups is 1. The number of nitro groups is 2. The predicted octanol–water partition coefficient (Wildman–Crippen LogP) is 2.08. The minimum Gasteiger partial charge on any atom is -0.258 e. The number of rotatable bonds is 3. The molecule has 0 aromatic heterocycles. The number of hydrogen-bond acceptors (Lipinski definition) is 6. The van der Waals surface area contributed by atoms with Crippen LogP contribution < -0.4 is 0 Å². The van der Waals surface area contributed by atoms with Crippen molar-refractivity contribution in [1.82, 2.24) is 0 Å². The molecule has 8 heteroatoms. The molecule has 0 unspecified atom stereocenters. The van der Waals surface area contributed by atoms with E-state index in [1.54, 1.807) is 5.40 Å². The van der Waals surface area contributed by atoms with Crippen LogP contribution in [0.3, 0.4) is 0 Å². The zero-order chi connectivity index (χ0) is 11.4. The number of nitro benzene ring substituents is 2. The predicted molar refractivity (Wildman–Crippen MR) is 51.2 cm³/mol. The highest BCUT2D eigenvalue weighted by Crippen LogP contribution is 2.36. The summed E-state index contributed by atoms with van der Waals surface area (Å²) >= 11 is 0.407. The van der Waals surface area contributed by atoms with Crippen molar-refractivity contribution in [3.63, 3.8) is 0 Å². The Morgan fingerprint density at radius 3 is 2.00 bits per heavy atom. The normalized spacial score (nSPS) is 9.27. The molecule has 1 rings (SSSR count). The quantitative estimate of drug-likeness (QED) is 0.337. The third-order valence-electron chi connectivity index (χ3n) is 1.51. The molecule has 0 spiro atoms. The Balaban J connectivity index is 3.42. The molecule has 0 aliphatic heterocycles. The lowest BCUT2D eigenvalue weighted by atomic mass is 10.3. The third-order valence-corrected chi connectivity index (χ3v) is 2.23. The largest absolute Gasteiger partial charge is 0.290 e. The lowest BCUT2D eigenvalue weighted by Gasteiger charge is -1.98. The van der Waals surface area contributed by atoms with Crippen LogP contribution in [0.1, 0.15) is 0 Å². The molecule has 0 amide bonds. The van der Waals surface area contributed by atoms with Gasteiger partial charge in [0, 0.05) is 23.9 Å². The molecule has 0 aliphatic carbocycles. The Kier molecular flexibility index (Phi) is 3.20. The van der Waals surface area contributed by atoms with Gasteiger partial charge in [-0.15, -0.1) is 0 Å². The van der Waals surface area contributed by atoms with E-state index in [1.807, 2.05) is 0 Å². The summed E-state index contributed by atoms with van der Waals surface area (Å²) in [7, 11) is 0.